The average Bonchev–Trinajstić information content (AvgIpc) is 3.48. The smallest absolute Gasteiger partial charge is 0.333 e. The average molecular weight is 448 g/mol. The zero-order valence-corrected chi connectivity index (χ0v) is 17.2. The predicted octanol–water partition coefficient (Wildman–Crippen LogP) is 2.81. The Morgan fingerprint density at radius 1 is 1.24 bits per heavy atom. The number of methoxy groups -OCH3 is 1. The number of rotatable bonds is 6. The number of hydrogen-bond donors (Lipinski definition) is 3. The van der Waals surface area contributed by atoms with Gasteiger partial charge in [-0.1, -0.05) is 23.4 Å². The molecule has 0 saturated carbocycles. The van der Waals surface area contributed by atoms with Crippen LogP contribution < -0.4 is 10.1 Å². The molecule has 0 spiro atoms. The molecule has 1 aliphatic rings. The first-order valence-corrected chi connectivity index (χ1v) is 9.75. The number of nitrogens with one attached hydrogen (secondary N) is 2. The van der Waals surface area contributed by atoms with Crippen molar-refractivity contribution in [1.29, 1.82) is 0 Å². The fourth-order valence-electron chi connectivity index (χ4n) is 3.82. The van der Waals surface area contributed by atoms with Crippen molar-refractivity contribution in [2.45, 2.75) is 18.4 Å². The first kappa shape index (κ1) is 21.6. The molecule has 2 unspecified atom stereocenters. The fraction of sp³-hybridized carbons (Fsp3) is 0.182. The van der Waals surface area contributed by atoms with Gasteiger partial charge in [-0.3, -0.25) is 4.79 Å². The third-order valence-corrected chi connectivity index (χ3v) is 5.36. The number of aromatic nitrogens is 4. The van der Waals surface area contributed by atoms with E-state index in [4.69, 9.17) is 11.3 Å². The van der Waals surface area contributed by atoms with Crippen LogP contribution >= 0.6 is 0 Å². The second-order valence-electron chi connectivity index (χ2n) is 7.22. The van der Waals surface area contributed by atoms with E-state index in [1.165, 1.54) is 19.2 Å². The molecule has 3 N–H and O–H groups in total. The van der Waals surface area contributed by atoms with Gasteiger partial charge < -0.3 is 20.0 Å². The largest absolute Gasteiger partial charge is 0.497 e. The normalized spacial score (nSPS) is 17.5. The topological polar surface area (TPSA) is 134 Å². The Balaban J connectivity index is 1.65. The number of carbonyl (C=O) groups excluding carboxylic acids is 1. The van der Waals surface area contributed by atoms with E-state index >= 15 is 0 Å². The molecule has 0 radical (unpaired) electrons. The number of nitrogens with zero attached hydrogens (tertiary/aromatic N) is 4. The van der Waals surface area contributed by atoms with Crippen LogP contribution in [0.15, 0.2) is 53.6 Å². The number of anilines is 1. The molecular formula is C22H17FN6O4. The number of halogens is 1. The van der Waals surface area contributed by atoms with Crippen LogP contribution in [0.1, 0.15) is 18.2 Å². The van der Waals surface area contributed by atoms with E-state index in [1.807, 2.05) is 0 Å². The van der Waals surface area contributed by atoms with Gasteiger partial charge in [0.15, 0.2) is 5.82 Å². The molecule has 1 heterocycles. The minimum absolute atomic E-state index is 0.00464. The molecule has 1 aliphatic carbocycles. The molecule has 10 nitrogen and oxygen atoms in total. The number of H-pyrrole nitrogens is 1. The van der Waals surface area contributed by atoms with Gasteiger partial charge in [0.2, 0.25) is 0 Å². The van der Waals surface area contributed by atoms with Gasteiger partial charge in [-0.05, 0) is 35.4 Å². The quantitative estimate of drug-likeness (QED) is 0.494. The van der Waals surface area contributed by atoms with Gasteiger partial charge in [0.25, 0.3) is 11.9 Å². The summed E-state index contributed by atoms with van der Waals surface area (Å²) in [4.78, 5) is 28.3. The summed E-state index contributed by atoms with van der Waals surface area (Å²) in [6, 6.07) is 10.3. The van der Waals surface area contributed by atoms with Gasteiger partial charge in [-0.15, -0.1) is 10.2 Å². The van der Waals surface area contributed by atoms with Gasteiger partial charge in [-0.25, -0.2) is 15.8 Å². The number of carboxylic acids is 1. The summed E-state index contributed by atoms with van der Waals surface area (Å²) in [6.07, 6.45) is 0.00464. The molecule has 4 rings (SSSR count). The molecule has 2 aromatic carbocycles. The Labute approximate surface area is 186 Å². The highest BCUT2D eigenvalue weighted by atomic mass is 19.1. The number of tetrazole rings is 1. The van der Waals surface area contributed by atoms with E-state index in [1.54, 1.807) is 30.3 Å². The highest BCUT2D eigenvalue weighted by Gasteiger charge is 2.46. The van der Waals surface area contributed by atoms with Crippen molar-refractivity contribution < 1.29 is 23.8 Å². The number of carbonyl (C=O) groups is 2. The van der Waals surface area contributed by atoms with Crippen molar-refractivity contribution in [3.8, 4) is 16.9 Å². The number of ether oxygens (including phenoxy) is 1. The summed E-state index contributed by atoms with van der Waals surface area (Å²) in [5, 5.41) is 25.4. The minimum atomic E-state index is -1.38. The molecule has 0 bridgehead atoms. The maximum Gasteiger partial charge on any atom is 0.333 e. The molecule has 3 aromatic rings. The molecule has 0 fully saturated rings. The minimum Gasteiger partial charge on any atom is -0.497 e. The van der Waals surface area contributed by atoms with Crippen LogP contribution in [-0.4, -0.2) is 50.8 Å². The zero-order chi connectivity index (χ0) is 23.5. The van der Waals surface area contributed by atoms with Crippen LogP contribution in [0, 0.1) is 12.4 Å². The molecule has 0 saturated heterocycles. The second-order valence-corrected chi connectivity index (χ2v) is 7.22. The second kappa shape index (κ2) is 8.88. The predicted molar refractivity (Wildman–Crippen MR) is 114 cm³/mol. The molecule has 166 valence electrons. The summed E-state index contributed by atoms with van der Waals surface area (Å²) >= 11 is 0. The first-order chi connectivity index (χ1) is 15.9. The Kier molecular flexibility index (Phi) is 5.82. The van der Waals surface area contributed by atoms with E-state index in [-0.39, 0.29) is 29.1 Å². The number of amides is 1. The highest BCUT2D eigenvalue weighted by Crippen LogP contribution is 2.40. The van der Waals surface area contributed by atoms with Crippen molar-refractivity contribution in [1.82, 2.24) is 20.6 Å². The lowest BCUT2D eigenvalue weighted by molar-refractivity contribution is -0.133. The zero-order valence-electron chi connectivity index (χ0n) is 17.2. The van der Waals surface area contributed by atoms with Crippen molar-refractivity contribution in [2.24, 2.45) is 0 Å². The van der Waals surface area contributed by atoms with Crippen LogP contribution in [-0.2, 0) is 9.59 Å². The SMILES string of the molecule is [C-]#[N+]C1CC(c2nn[nH]n2)C(C(=O)O)=C1C(=O)Nc1ccc(-c2cccc(OC)c2)cc1F. The van der Waals surface area contributed by atoms with Crippen molar-refractivity contribution in [2.75, 3.05) is 12.4 Å². The van der Waals surface area contributed by atoms with E-state index in [0.717, 1.165) is 0 Å². The van der Waals surface area contributed by atoms with Crippen LogP contribution in [0.5, 0.6) is 5.75 Å². The fourth-order valence-corrected chi connectivity index (χ4v) is 3.82. The number of hydrogen-bond acceptors (Lipinski definition) is 6. The van der Waals surface area contributed by atoms with Crippen molar-refractivity contribution in [3.63, 3.8) is 0 Å². The Morgan fingerprint density at radius 3 is 2.67 bits per heavy atom. The lowest BCUT2D eigenvalue weighted by atomic mass is 10.00. The number of aliphatic carboxylic acids is 1. The summed E-state index contributed by atoms with van der Waals surface area (Å²) in [6.45, 7) is 7.42. The van der Waals surface area contributed by atoms with Crippen LogP contribution in [0.3, 0.4) is 0 Å². The number of aromatic amines is 1. The van der Waals surface area contributed by atoms with Crippen LogP contribution in [0.4, 0.5) is 10.1 Å². The molecule has 11 heteroatoms. The summed E-state index contributed by atoms with van der Waals surface area (Å²) in [5.74, 6) is -3.17. The number of carboxylic acid groups (broad SMARTS) is 1. The molecule has 1 aromatic heterocycles. The summed E-state index contributed by atoms with van der Waals surface area (Å²) in [7, 11) is 1.53. The maximum absolute atomic E-state index is 14.8. The van der Waals surface area contributed by atoms with Crippen molar-refractivity contribution >= 4 is 17.6 Å². The van der Waals surface area contributed by atoms with Gasteiger partial charge in [0, 0.05) is 6.42 Å². The van der Waals surface area contributed by atoms with Crippen LogP contribution in [0.2, 0.25) is 0 Å². The molecular weight excluding hydrogens is 431 g/mol. The lowest BCUT2D eigenvalue weighted by Gasteiger charge is -2.11. The molecule has 33 heavy (non-hydrogen) atoms. The van der Waals surface area contributed by atoms with Gasteiger partial charge in [0.05, 0.1) is 24.3 Å². The molecule has 1 amide bonds. The maximum atomic E-state index is 14.8. The molecule has 0 aliphatic heterocycles. The standard InChI is InChI=1S/C22H17FN6O4/c1-24-17-10-14(20-26-28-29-27-20)18(22(31)32)19(17)21(30)25-16-7-6-12(9-15(16)23)11-4-3-5-13(8-11)33-2/h3-9,14,17H,10H2,2H3,(H,25,30)(H,31,32)(H,26,27,28,29). The Hall–Kier alpha value is -4.59. The Bertz CT molecular complexity index is 1300. The third-order valence-electron chi connectivity index (χ3n) is 5.36. The van der Waals surface area contributed by atoms with E-state index in [0.29, 0.717) is 16.9 Å². The van der Waals surface area contributed by atoms with Gasteiger partial charge in [0.1, 0.15) is 17.1 Å². The summed E-state index contributed by atoms with van der Waals surface area (Å²) in [5.41, 5.74) is 0.586. The Morgan fingerprint density at radius 2 is 2.03 bits per heavy atom. The monoisotopic (exact) mass is 448 g/mol. The van der Waals surface area contributed by atoms with E-state index in [2.05, 4.69) is 30.8 Å². The van der Waals surface area contributed by atoms with Crippen molar-refractivity contribution in [3.05, 3.63) is 76.7 Å². The van der Waals surface area contributed by atoms with Gasteiger partial charge in [-0.2, -0.15) is 5.21 Å². The summed E-state index contributed by atoms with van der Waals surface area (Å²) < 4.78 is 20.0. The lowest BCUT2D eigenvalue weighted by Crippen LogP contribution is -2.22. The first-order valence-electron chi connectivity index (χ1n) is 9.75. The van der Waals surface area contributed by atoms with E-state index in [9.17, 15) is 19.1 Å². The van der Waals surface area contributed by atoms with E-state index < -0.39 is 29.7 Å². The number of benzene rings is 2. The highest BCUT2D eigenvalue weighted by molar-refractivity contribution is 6.11. The third kappa shape index (κ3) is 4.14. The van der Waals surface area contributed by atoms with Gasteiger partial charge >= 0.3 is 5.97 Å². The molecule has 2 atom stereocenters. The van der Waals surface area contributed by atoms with Crippen LogP contribution in [0.25, 0.3) is 16.0 Å².